The molecule has 1 aliphatic heterocycles. The van der Waals surface area contributed by atoms with E-state index in [0.717, 1.165) is 30.7 Å². The summed E-state index contributed by atoms with van der Waals surface area (Å²) in [6.07, 6.45) is 5.08. The molecule has 2 fully saturated rings. The normalized spacial score (nSPS) is 20.1. The topological polar surface area (TPSA) is 67.6 Å². The summed E-state index contributed by atoms with van der Waals surface area (Å²) in [6.45, 7) is 9.15. The molecule has 1 aromatic heterocycles. The minimum Gasteiger partial charge on any atom is -0.370 e. The molecular formula is C23H35IN6O. The first-order valence-electron chi connectivity index (χ1n) is 11.1. The van der Waals surface area contributed by atoms with E-state index < -0.39 is 0 Å². The molecule has 0 amide bonds. The minimum atomic E-state index is 0. The molecule has 1 N–H and O–H groups in total. The van der Waals surface area contributed by atoms with Gasteiger partial charge in [-0.25, -0.2) is 4.99 Å². The van der Waals surface area contributed by atoms with Crippen molar-refractivity contribution in [2.45, 2.75) is 65.1 Å². The van der Waals surface area contributed by atoms with E-state index in [1.54, 1.807) is 0 Å². The van der Waals surface area contributed by atoms with E-state index in [1.807, 2.05) is 18.5 Å². The summed E-state index contributed by atoms with van der Waals surface area (Å²) in [5.74, 6) is 2.77. The molecule has 8 heteroatoms. The van der Waals surface area contributed by atoms with Gasteiger partial charge in [-0.1, -0.05) is 36.6 Å². The second kappa shape index (κ2) is 10.8. The van der Waals surface area contributed by atoms with Crippen molar-refractivity contribution < 1.29 is 4.74 Å². The summed E-state index contributed by atoms with van der Waals surface area (Å²) in [5, 5.41) is 12.2. The number of benzene rings is 1. The molecule has 7 nitrogen and oxygen atoms in total. The van der Waals surface area contributed by atoms with Crippen molar-refractivity contribution >= 4 is 29.9 Å². The van der Waals surface area contributed by atoms with Crippen LogP contribution in [0.25, 0.3) is 0 Å². The third kappa shape index (κ3) is 5.77. The first-order valence-corrected chi connectivity index (χ1v) is 11.1. The van der Waals surface area contributed by atoms with Crippen molar-refractivity contribution in [1.82, 2.24) is 25.0 Å². The Labute approximate surface area is 202 Å². The number of hydrogen-bond donors (Lipinski definition) is 1. The van der Waals surface area contributed by atoms with Gasteiger partial charge in [0.1, 0.15) is 18.5 Å². The Kier molecular flexibility index (Phi) is 8.32. The lowest BCUT2D eigenvalue weighted by molar-refractivity contribution is -0.00857. The van der Waals surface area contributed by atoms with E-state index >= 15 is 0 Å². The molecule has 2 aromatic rings. The number of aryl methyl sites for hydroxylation is 3. The minimum absolute atomic E-state index is 0. The van der Waals surface area contributed by atoms with Gasteiger partial charge in [-0.2, -0.15) is 0 Å². The first-order chi connectivity index (χ1) is 14.5. The van der Waals surface area contributed by atoms with Crippen LogP contribution in [0.1, 0.15) is 60.1 Å². The molecule has 170 valence electrons. The Morgan fingerprint density at radius 1 is 1.19 bits per heavy atom. The van der Waals surface area contributed by atoms with Crippen LogP contribution >= 0.6 is 24.0 Å². The predicted molar refractivity (Wildman–Crippen MR) is 134 cm³/mol. The molecule has 2 aliphatic rings. The van der Waals surface area contributed by atoms with Crippen LogP contribution in [0.15, 0.2) is 23.2 Å². The molecule has 1 atom stereocenters. The molecule has 1 aliphatic carbocycles. The van der Waals surface area contributed by atoms with E-state index in [9.17, 15) is 0 Å². The van der Waals surface area contributed by atoms with Gasteiger partial charge in [0, 0.05) is 19.6 Å². The zero-order valence-electron chi connectivity index (χ0n) is 19.1. The number of ether oxygens (including phenoxy) is 1. The smallest absolute Gasteiger partial charge is 0.194 e. The second-order valence-electron chi connectivity index (χ2n) is 8.65. The monoisotopic (exact) mass is 538 g/mol. The van der Waals surface area contributed by atoms with Gasteiger partial charge in [0.2, 0.25) is 0 Å². The predicted octanol–water partition coefficient (Wildman–Crippen LogP) is 3.82. The summed E-state index contributed by atoms with van der Waals surface area (Å²) in [5.41, 5.74) is 3.85. The molecular weight excluding hydrogens is 503 g/mol. The number of aliphatic imine (C=N–C) groups is 1. The Bertz CT molecular complexity index is 905. The van der Waals surface area contributed by atoms with Gasteiger partial charge in [-0.05, 0) is 44.7 Å². The van der Waals surface area contributed by atoms with Gasteiger partial charge in [0.05, 0.1) is 13.2 Å². The number of nitrogens with zero attached hydrogens (tertiary/aromatic N) is 5. The SMILES string of the molecule is Cc1ccc(C2CN(C(=NCc3nnc(C)n3C)NC3CCCC3)CCO2)c(C)c1.I. The summed E-state index contributed by atoms with van der Waals surface area (Å²) >= 11 is 0. The molecule has 0 radical (unpaired) electrons. The van der Waals surface area contributed by atoms with Crippen LogP contribution in [-0.4, -0.2) is 51.4 Å². The third-order valence-electron chi connectivity index (χ3n) is 6.38. The first kappa shape index (κ1) is 24.0. The molecule has 0 spiro atoms. The van der Waals surface area contributed by atoms with Crippen molar-refractivity contribution in [3.8, 4) is 0 Å². The fourth-order valence-electron chi connectivity index (χ4n) is 4.44. The molecule has 1 saturated carbocycles. The maximum atomic E-state index is 6.17. The number of nitrogens with one attached hydrogen (secondary N) is 1. The van der Waals surface area contributed by atoms with Gasteiger partial charge in [0.25, 0.3) is 0 Å². The highest BCUT2D eigenvalue weighted by molar-refractivity contribution is 14.0. The van der Waals surface area contributed by atoms with E-state index in [-0.39, 0.29) is 30.1 Å². The zero-order chi connectivity index (χ0) is 21.1. The van der Waals surface area contributed by atoms with Gasteiger partial charge < -0.3 is 19.5 Å². The van der Waals surface area contributed by atoms with Gasteiger partial charge in [-0.3, -0.25) is 0 Å². The zero-order valence-corrected chi connectivity index (χ0v) is 21.4. The summed E-state index contributed by atoms with van der Waals surface area (Å²) in [6, 6.07) is 7.13. The van der Waals surface area contributed by atoms with Gasteiger partial charge in [-0.15, -0.1) is 34.2 Å². The molecule has 0 bridgehead atoms. The number of rotatable bonds is 4. The van der Waals surface area contributed by atoms with Crippen molar-refractivity contribution in [3.05, 3.63) is 46.5 Å². The van der Waals surface area contributed by atoms with Crippen LogP contribution in [-0.2, 0) is 18.3 Å². The Morgan fingerprint density at radius 3 is 2.65 bits per heavy atom. The molecule has 1 unspecified atom stereocenters. The lowest BCUT2D eigenvalue weighted by Gasteiger charge is -2.36. The average Bonchev–Trinajstić information content (AvgIpc) is 3.36. The van der Waals surface area contributed by atoms with Crippen molar-refractivity contribution in [1.29, 1.82) is 0 Å². The van der Waals surface area contributed by atoms with Gasteiger partial charge in [0.15, 0.2) is 11.8 Å². The van der Waals surface area contributed by atoms with Crippen LogP contribution < -0.4 is 5.32 Å². The second-order valence-corrected chi connectivity index (χ2v) is 8.65. The van der Waals surface area contributed by atoms with Crippen LogP contribution in [0.3, 0.4) is 0 Å². The maximum Gasteiger partial charge on any atom is 0.194 e. The van der Waals surface area contributed by atoms with Crippen LogP contribution in [0.2, 0.25) is 0 Å². The highest BCUT2D eigenvalue weighted by atomic mass is 127. The van der Waals surface area contributed by atoms with Crippen molar-refractivity contribution in [2.75, 3.05) is 19.7 Å². The van der Waals surface area contributed by atoms with E-state index in [0.29, 0.717) is 19.2 Å². The molecule has 1 saturated heterocycles. The highest BCUT2D eigenvalue weighted by Gasteiger charge is 2.27. The summed E-state index contributed by atoms with van der Waals surface area (Å²) < 4.78 is 8.18. The number of aromatic nitrogens is 3. The van der Waals surface area contributed by atoms with E-state index in [4.69, 9.17) is 9.73 Å². The largest absolute Gasteiger partial charge is 0.370 e. The number of guanidine groups is 1. The van der Waals surface area contributed by atoms with Crippen LogP contribution in [0.5, 0.6) is 0 Å². The van der Waals surface area contributed by atoms with Gasteiger partial charge >= 0.3 is 0 Å². The lowest BCUT2D eigenvalue weighted by atomic mass is 10.00. The van der Waals surface area contributed by atoms with E-state index in [2.05, 4.69) is 52.5 Å². The summed E-state index contributed by atoms with van der Waals surface area (Å²) in [7, 11) is 2.00. The number of hydrogen-bond acceptors (Lipinski definition) is 4. The molecule has 4 rings (SSSR count). The quantitative estimate of drug-likeness (QED) is 0.364. The molecule has 31 heavy (non-hydrogen) atoms. The van der Waals surface area contributed by atoms with Crippen LogP contribution in [0.4, 0.5) is 0 Å². The highest BCUT2D eigenvalue weighted by Crippen LogP contribution is 2.26. The maximum absolute atomic E-state index is 6.17. The Morgan fingerprint density at radius 2 is 1.97 bits per heavy atom. The molecule has 2 heterocycles. The lowest BCUT2D eigenvalue weighted by Crippen LogP contribution is -2.50. The van der Waals surface area contributed by atoms with Crippen molar-refractivity contribution in [2.24, 2.45) is 12.0 Å². The Hall–Kier alpha value is -1.68. The fourth-order valence-corrected chi connectivity index (χ4v) is 4.44. The standard InChI is InChI=1S/C23H34N6O.HI/c1-16-9-10-20(17(2)13-16)21-15-29(11-12-30-21)23(25-19-7-5-6-8-19)24-14-22-27-26-18(3)28(22)4;/h9-10,13,19,21H,5-8,11-12,14-15H2,1-4H3,(H,24,25);1H. The van der Waals surface area contributed by atoms with E-state index in [1.165, 1.54) is 42.4 Å². The van der Waals surface area contributed by atoms with Crippen molar-refractivity contribution in [3.63, 3.8) is 0 Å². The molecule has 1 aromatic carbocycles. The van der Waals surface area contributed by atoms with Crippen LogP contribution in [0, 0.1) is 20.8 Å². The average molecular weight is 538 g/mol. The summed E-state index contributed by atoms with van der Waals surface area (Å²) in [4.78, 5) is 7.33. The Balaban J connectivity index is 0.00000272. The number of morpholine rings is 1. The third-order valence-corrected chi connectivity index (χ3v) is 6.38. The number of halogens is 1. The fraction of sp³-hybridized carbons (Fsp3) is 0.609.